The first-order valence-electron chi connectivity index (χ1n) is 1.57. The van der Waals surface area contributed by atoms with E-state index in [-0.39, 0.29) is 17.4 Å². The average molecular weight is 207 g/mol. The van der Waals surface area contributed by atoms with Gasteiger partial charge < -0.3 is 19.0 Å². The molecule has 0 unspecified atom stereocenters. The van der Waals surface area contributed by atoms with Crippen LogP contribution in [-0.4, -0.2) is 23.5 Å². The van der Waals surface area contributed by atoms with Gasteiger partial charge in [-0.2, -0.15) is 0 Å². The Balaban J connectivity index is -0.0000000910. The normalized spacial score (nSPS) is 8.30. The Morgan fingerprint density at radius 2 is 1.30 bits per heavy atom. The molecular weight excluding hydrogens is 204 g/mol. The molecule has 0 saturated carbocycles. The third kappa shape index (κ3) is 22900. The van der Waals surface area contributed by atoms with E-state index in [1.54, 1.807) is 0 Å². The zero-order chi connectivity index (χ0) is 8.08. The van der Waals surface area contributed by atoms with Gasteiger partial charge in [0.05, 0.1) is 0 Å². The van der Waals surface area contributed by atoms with E-state index in [9.17, 15) is 0 Å². The molecule has 0 amide bonds. The fourth-order valence-electron chi connectivity index (χ4n) is 0. The number of carboxylic acid groups (broad SMARTS) is 1. The van der Waals surface area contributed by atoms with Gasteiger partial charge in [-0.1, -0.05) is 0 Å². The second-order valence-electron chi connectivity index (χ2n) is 0.900. The molecule has 8 heteroatoms. The first kappa shape index (κ1) is 16.5. The van der Waals surface area contributed by atoms with Gasteiger partial charge in [0.25, 0.3) is 0 Å². The molecule has 0 N–H and O–H groups in total. The number of carbonyl (C=O) groups is 1. The van der Waals surface area contributed by atoms with Crippen LogP contribution in [0, 0.1) is 0 Å². The molecule has 10 heavy (non-hydrogen) atoms. The van der Waals surface area contributed by atoms with Crippen molar-refractivity contribution in [2.45, 2.75) is 6.92 Å². The Kier molecular flexibility index (Phi) is 11.5. The molecule has 0 rings (SSSR count). The Hall–Kier alpha value is -0.128. The van der Waals surface area contributed by atoms with Gasteiger partial charge in [0, 0.05) is 16.4 Å². The molecule has 1 radical (unpaired) electrons. The summed E-state index contributed by atoms with van der Waals surface area (Å²) in [5.74, 6) is -1.08. The van der Waals surface area contributed by atoms with Crippen LogP contribution in [-0.2, 0) is 32.6 Å². The van der Waals surface area contributed by atoms with Gasteiger partial charge >= 0.3 is 17.4 Å². The minimum atomic E-state index is -5.17. The van der Waals surface area contributed by atoms with Crippen molar-refractivity contribution in [3.05, 3.63) is 0 Å². The molecule has 0 heterocycles. The van der Waals surface area contributed by atoms with Crippen LogP contribution in [0.15, 0.2) is 0 Å². The van der Waals surface area contributed by atoms with Crippen molar-refractivity contribution in [1.29, 1.82) is 0 Å². The first-order valence-corrected chi connectivity index (χ1v) is 2.91. The van der Waals surface area contributed by atoms with Crippen molar-refractivity contribution in [1.82, 2.24) is 0 Å². The zero-order valence-electron chi connectivity index (χ0n) is 4.77. The molecule has 0 atom stereocenters. The van der Waals surface area contributed by atoms with E-state index in [1.165, 1.54) is 0 Å². The van der Waals surface area contributed by atoms with E-state index in [1.807, 2.05) is 0 Å². The maximum absolute atomic E-state index is 8.89. The van der Waals surface area contributed by atoms with Crippen LogP contribution in [0.25, 0.3) is 0 Å². The maximum atomic E-state index is 8.89. The topological polar surface area (TPSA) is 120 Å². The van der Waals surface area contributed by atoms with E-state index < -0.39 is 16.4 Å². The second-order valence-corrected chi connectivity index (χ2v) is 1.72. The van der Waals surface area contributed by atoms with Crippen molar-refractivity contribution < 1.29 is 44.8 Å². The minimum Gasteiger partial charge on any atom is -0.759 e. The standard InChI is InChI=1S/C2H4O2.Cr.H2O4S/c1-2(3)4;;1-5(2,3)4/h1H3,(H,3,4);;(H2,1,2,3,4)/q;+3;/p-3. The van der Waals surface area contributed by atoms with Crippen molar-refractivity contribution in [3.8, 4) is 0 Å². The number of carboxylic acids is 1. The minimum absolute atomic E-state index is 0. The van der Waals surface area contributed by atoms with Crippen molar-refractivity contribution in [2.75, 3.05) is 0 Å². The summed E-state index contributed by atoms with van der Waals surface area (Å²) < 4.78 is 34.1. The third-order valence-electron chi connectivity index (χ3n) is 0. The van der Waals surface area contributed by atoms with Crippen molar-refractivity contribution in [3.63, 3.8) is 0 Å². The molecule has 6 nitrogen and oxygen atoms in total. The molecular formula is C2H3CrO6S. The summed E-state index contributed by atoms with van der Waals surface area (Å²) >= 11 is 0. The fourth-order valence-corrected chi connectivity index (χ4v) is 0. The molecule has 0 aromatic heterocycles. The van der Waals surface area contributed by atoms with Crippen molar-refractivity contribution in [2.24, 2.45) is 0 Å². The Morgan fingerprint density at radius 3 is 1.30 bits per heavy atom. The quantitative estimate of drug-likeness (QED) is 0.317. The Labute approximate surface area is 68.6 Å². The second kappa shape index (κ2) is 6.99. The number of rotatable bonds is 0. The summed E-state index contributed by atoms with van der Waals surface area (Å²) in [6, 6.07) is 0. The summed E-state index contributed by atoms with van der Waals surface area (Å²) in [4.78, 5) is 8.89. The molecule has 0 aromatic carbocycles. The monoisotopic (exact) mass is 207 g/mol. The zero-order valence-corrected chi connectivity index (χ0v) is 6.86. The predicted octanol–water partition coefficient (Wildman–Crippen LogP) is -2.58. The first-order chi connectivity index (χ1) is 3.73. The summed E-state index contributed by atoms with van der Waals surface area (Å²) in [6.07, 6.45) is 0. The summed E-state index contributed by atoms with van der Waals surface area (Å²) in [7, 11) is -5.17. The van der Waals surface area contributed by atoms with Gasteiger partial charge in [0.1, 0.15) is 0 Å². The molecule has 0 aliphatic carbocycles. The Bertz CT molecular complexity index is 158. The van der Waals surface area contributed by atoms with Crippen LogP contribution in [0.4, 0.5) is 0 Å². The molecule has 0 saturated heterocycles. The molecule has 0 aliphatic rings. The molecule has 59 valence electrons. The van der Waals surface area contributed by atoms with Crippen LogP contribution in [0.2, 0.25) is 0 Å². The van der Waals surface area contributed by atoms with Crippen molar-refractivity contribution >= 4 is 16.4 Å². The third-order valence-corrected chi connectivity index (χ3v) is 0. The molecule has 0 aliphatic heterocycles. The number of carbonyl (C=O) groups excluding carboxylic acids is 1. The summed E-state index contributed by atoms with van der Waals surface area (Å²) in [5, 5.41) is 8.89. The van der Waals surface area contributed by atoms with Crippen LogP contribution < -0.4 is 5.11 Å². The molecule has 0 spiro atoms. The maximum Gasteiger partial charge on any atom is 3.00 e. The van der Waals surface area contributed by atoms with E-state index in [0.717, 1.165) is 6.92 Å². The molecule has 0 aromatic rings. The van der Waals surface area contributed by atoms with E-state index >= 15 is 0 Å². The average Bonchev–Trinajstić information content (AvgIpc) is 1.19. The SMILES string of the molecule is CC(=O)[O-].O=S(=O)([O-])[O-].[Cr+3]. The predicted molar refractivity (Wildman–Crippen MR) is 21.2 cm³/mol. The Morgan fingerprint density at radius 1 is 1.30 bits per heavy atom. The number of aliphatic carboxylic acids is 1. The van der Waals surface area contributed by atoms with Crippen LogP contribution in [0.1, 0.15) is 6.92 Å². The fraction of sp³-hybridized carbons (Fsp3) is 0.500. The number of hydrogen-bond acceptors (Lipinski definition) is 6. The summed E-state index contributed by atoms with van der Waals surface area (Å²) in [6.45, 7) is 0.972. The van der Waals surface area contributed by atoms with Gasteiger partial charge in [-0.05, 0) is 6.92 Å². The molecule has 0 bridgehead atoms. The van der Waals surface area contributed by atoms with Crippen LogP contribution >= 0.6 is 0 Å². The van der Waals surface area contributed by atoms with Gasteiger partial charge in [0.15, 0.2) is 0 Å². The smallest absolute Gasteiger partial charge is 0.759 e. The van der Waals surface area contributed by atoms with Gasteiger partial charge in [-0.25, -0.2) is 0 Å². The van der Waals surface area contributed by atoms with Crippen LogP contribution in [0.3, 0.4) is 0 Å². The van der Waals surface area contributed by atoms with Gasteiger partial charge in [-0.3, -0.25) is 8.42 Å². The molecule has 0 fully saturated rings. The largest absolute Gasteiger partial charge is 3.00 e. The summed E-state index contributed by atoms with van der Waals surface area (Å²) in [5.41, 5.74) is 0. The van der Waals surface area contributed by atoms with E-state index in [2.05, 4.69) is 0 Å². The van der Waals surface area contributed by atoms with E-state index in [0.29, 0.717) is 0 Å². The van der Waals surface area contributed by atoms with Gasteiger partial charge in [0.2, 0.25) is 0 Å². The van der Waals surface area contributed by atoms with Gasteiger partial charge in [-0.15, -0.1) is 0 Å². The van der Waals surface area contributed by atoms with Crippen LogP contribution in [0.5, 0.6) is 0 Å². The number of hydrogen-bond donors (Lipinski definition) is 0. The van der Waals surface area contributed by atoms with E-state index in [4.69, 9.17) is 27.4 Å².